The smallest absolute Gasteiger partial charge is 0.191 e. The van der Waals surface area contributed by atoms with Crippen LogP contribution in [0.2, 0.25) is 0 Å². The fourth-order valence-electron chi connectivity index (χ4n) is 3.80. The summed E-state index contributed by atoms with van der Waals surface area (Å²) in [4.78, 5) is 11.0. The number of ether oxygens (including phenoxy) is 1. The van der Waals surface area contributed by atoms with Gasteiger partial charge in [-0.3, -0.25) is 14.8 Å². The number of thiophene rings is 1. The molecule has 2 heterocycles. The van der Waals surface area contributed by atoms with E-state index in [-0.39, 0.29) is 24.0 Å². The average Bonchev–Trinajstić information content (AvgIpc) is 3.15. The summed E-state index contributed by atoms with van der Waals surface area (Å²) in [6, 6.07) is 5.61. The van der Waals surface area contributed by atoms with Crippen LogP contribution < -0.4 is 10.6 Å². The topological polar surface area (TPSA) is 52.1 Å². The number of nitrogens with zero attached hydrogens (tertiary/aromatic N) is 3. The molecule has 1 aromatic rings. The van der Waals surface area contributed by atoms with Gasteiger partial charge in [0.05, 0.1) is 12.6 Å². The van der Waals surface area contributed by atoms with Gasteiger partial charge in [-0.1, -0.05) is 6.07 Å². The first-order chi connectivity index (χ1) is 13.3. The molecule has 2 N–H and O–H groups in total. The minimum atomic E-state index is 0. The van der Waals surface area contributed by atoms with Gasteiger partial charge in [0, 0.05) is 51.3 Å². The molecule has 0 aromatic carbocycles. The number of halogens is 1. The van der Waals surface area contributed by atoms with Crippen LogP contribution in [0.15, 0.2) is 22.5 Å². The van der Waals surface area contributed by atoms with Gasteiger partial charge in [-0.05, 0) is 50.2 Å². The first-order valence-electron chi connectivity index (χ1n) is 10.3. The Kier molecular flexibility index (Phi) is 11.1. The minimum absolute atomic E-state index is 0. The van der Waals surface area contributed by atoms with E-state index >= 15 is 0 Å². The fraction of sp³-hybridized carbons (Fsp3) is 0.750. The third kappa shape index (κ3) is 7.44. The molecule has 0 radical (unpaired) electrons. The summed E-state index contributed by atoms with van der Waals surface area (Å²) in [5.74, 6) is 0.901. The summed E-state index contributed by atoms with van der Waals surface area (Å²) >= 11 is 1.86. The van der Waals surface area contributed by atoms with E-state index in [0.717, 1.165) is 44.8 Å². The van der Waals surface area contributed by atoms with Gasteiger partial charge in [-0.15, -0.1) is 35.3 Å². The molecule has 28 heavy (non-hydrogen) atoms. The van der Waals surface area contributed by atoms with Gasteiger partial charge >= 0.3 is 0 Å². The van der Waals surface area contributed by atoms with E-state index in [9.17, 15) is 0 Å². The third-order valence-corrected chi connectivity index (χ3v) is 6.45. The van der Waals surface area contributed by atoms with E-state index in [1.807, 2.05) is 18.4 Å². The molecule has 2 aliphatic rings. The SMILES string of the molecule is CN=C(NCCN(CCOC)C1CC1)NCC(c1cccs1)N1CCCC1.I. The van der Waals surface area contributed by atoms with Crippen molar-refractivity contribution in [3.63, 3.8) is 0 Å². The van der Waals surface area contributed by atoms with Crippen LogP contribution in [-0.4, -0.2) is 81.8 Å². The number of hydrogen-bond donors (Lipinski definition) is 2. The first kappa shape index (κ1) is 23.9. The molecule has 1 unspecified atom stereocenters. The van der Waals surface area contributed by atoms with E-state index < -0.39 is 0 Å². The molecule has 6 nitrogen and oxygen atoms in total. The number of methoxy groups -OCH3 is 1. The van der Waals surface area contributed by atoms with Crippen LogP contribution in [-0.2, 0) is 4.74 Å². The molecule has 160 valence electrons. The maximum atomic E-state index is 5.25. The Morgan fingerprint density at radius 3 is 2.71 bits per heavy atom. The van der Waals surface area contributed by atoms with E-state index in [2.05, 4.69) is 42.9 Å². The van der Waals surface area contributed by atoms with Crippen LogP contribution in [0.4, 0.5) is 0 Å². The quantitative estimate of drug-likeness (QED) is 0.267. The van der Waals surface area contributed by atoms with Crippen molar-refractivity contribution in [3.8, 4) is 0 Å². The second-order valence-corrected chi connectivity index (χ2v) is 8.39. The Hall–Kier alpha value is -0.420. The van der Waals surface area contributed by atoms with E-state index in [4.69, 9.17) is 4.74 Å². The molecule has 0 spiro atoms. The number of nitrogens with one attached hydrogen (secondary N) is 2. The van der Waals surface area contributed by atoms with Crippen molar-refractivity contribution in [1.29, 1.82) is 0 Å². The number of hydrogen-bond acceptors (Lipinski definition) is 5. The van der Waals surface area contributed by atoms with Crippen molar-refractivity contribution in [3.05, 3.63) is 22.4 Å². The van der Waals surface area contributed by atoms with Gasteiger partial charge in [-0.25, -0.2) is 0 Å². The Balaban J connectivity index is 0.00000280. The molecule has 2 fully saturated rings. The summed E-state index contributed by atoms with van der Waals surface area (Å²) in [7, 11) is 3.63. The highest BCUT2D eigenvalue weighted by atomic mass is 127. The van der Waals surface area contributed by atoms with Gasteiger partial charge in [0.15, 0.2) is 5.96 Å². The summed E-state index contributed by atoms with van der Waals surface area (Å²) in [5, 5.41) is 9.23. The zero-order valence-corrected chi connectivity index (χ0v) is 20.4. The lowest BCUT2D eigenvalue weighted by molar-refractivity contribution is 0.144. The van der Waals surface area contributed by atoms with Crippen molar-refractivity contribution in [2.24, 2.45) is 4.99 Å². The molecular formula is C20H36IN5OS. The highest BCUT2D eigenvalue weighted by Crippen LogP contribution is 2.28. The number of aliphatic imine (C=N–C) groups is 1. The molecule has 3 rings (SSSR count). The molecular weight excluding hydrogens is 485 g/mol. The van der Waals surface area contributed by atoms with Gasteiger partial charge in [0.2, 0.25) is 0 Å². The van der Waals surface area contributed by atoms with Crippen LogP contribution in [0.3, 0.4) is 0 Å². The second kappa shape index (κ2) is 13.0. The lowest BCUT2D eigenvalue weighted by atomic mass is 10.2. The highest BCUT2D eigenvalue weighted by molar-refractivity contribution is 14.0. The minimum Gasteiger partial charge on any atom is -0.383 e. The zero-order valence-electron chi connectivity index (χ0n) is 17.2. The molecule has 1 saturated heterocycles. The summed E-state index contributed by atoms with van der Waals surface area (Å²) < 4.78 is 5.25. The van der Waals surface area contributed by atoms with Gasteiger partial charge in [-0.2, -0.15) is 0 Å². The molecule has 1 saturated carbocycles. The summed E-state index contributed by atoms with van der Waals surface area (Å²) in [6.07, 6.45) is 5.28. The highest BCUT2D eigenvalue weighted by Gasteiger charge is 2.28. The largest absolute Gasteiger partial charge is 0.383 e. The van der Waals surface area contributed by atoms with Crippen LogP contribution in [0, 0.1) is 0 Å². The van der Waals surface area contributed by atoms with Crippen LogP contribution in [0.25, 0.3) is 0 Å². The molecule has 0 amide bonds. The normalized spacial score (nSPS) is 18.9. The van der Waals surface area contributed by atoms with Gasteiger partial charge in [0.25, 0.3) is 0 Å². The van der Waals surface area contributed by atoms with Crippen molar-refractivity contribution in [2.75, 3.05) is 60.0 Å². The number of rotatable bonds is 11. The Morgan fingerprint density at radius 1 is 1.32 bits per heavy atom. The molecule has 1 aliphatic heterocycles. The second-order valence-electron chi connectivity index (χ2n) is 7.41. The Bertz CT molecular complexity index is 561. The lowest BCUT2D eigenvalue weighted by Crippen LogP contribution is -2.45. The van der Waals surface area contributed by atoms with Crippen molar-refractivity contribution in [1.82, 2.24) is 20.4 Å². The number of guanidine groups is 1. The van der Waals surface area contributed by atoms with Gasteiger partial charge in [0.1, 0.15) is 0 Å². The van der Waals surface area contributed by atoms with E-state index in [1.54, 1.807) is 7.11 Å². The van der Waals surface area contributed by atoms with E-state index in [0.29, 0.717) is 6.04 Å². The monoisotopic (exact) mass is 521 g/mol. The van der Waals surface area contributed by atoms with Crippen LogP contribution in [0.1, 0.15) is 36.6 Å². The third-order valence-electron chi connectivity index (χ3n) is 5.48. The van der Waals surface area contributed by atoms with Crippen molar-refractivity contribution >= 4 is 41.3 Å². The van der Waals surface area contributed by atoms with Crippen molar-refractivity contribution in [2.45, 2.75) is 37.8 Å². The van der Waals surface area contributed by atoms with Crippen molar-refractivity contribution < 1.29 is 4.74 Å². The molecule has 1 atom stereocenters. The predicted molar refractivity (Wildman–Crippen MR) is 129 cm³/mol. The zero-order chi connectivity index (χ0) is 18.9. The summed E-state index contributed by atoms with van der Waals surface area (Å²) in [5.41, 5.74) is 0. The Morgan fingerprint density at radius 2 is 2.11 bits per heavy atom. The predicted octanol–water partition coefficient (Wildman–Crippen LogP) is 2.78. The maximum absolute atomic E-state index is 5.25. The fourth-order valence-corrected chi connectivity index (χ4v) is 4.66. The lowest BCUT2D eigenvalue weighted by Gasteiger charge is -2.28. The van der Waals surface area contributed by atoms with Gasteiger partial charge < -0.3 is 15.4 Å². The van der Waals surface area contributed by atoms with Crippen LogP contribution >= 0.6 is 35.3 Å². The Labute approximate surface area is 191 Å². The van der Waals surface area contributed by atoms with E-state index in [1.165, 1.54) is 43.6 Å². The molecule has 0 bridgehead atoms. The standard InChI is InChI=1S/C20H35N5OS.HI/c1-21-20(22-9-12-24(13-14-26-2)17-7-8-17)23-16-18(19-6-5-15-27-19)25-10-3-4-11-25;/h5-6,15,17-18H,3-4,7-14,16H2,1-2H3,(H2,21,22,23);1H. The summed E-state index contributed by atoms with van der Waals surface area (Å²) in [6.45, 7) is 7.07. The first-order valence-corrected chi connectivity index (χ1v) is 11.1. The molecule has 1 aromatic heterocycles. The molecule has 1 aliphatic carbocycles. The maximum Gasteiger partial charge on any atom is 0.191 e. The average molecular weight is 522 g/mol. The molecule has 8 heteroatoms. The number of likely N-dealkylation sites (tertiary alicyclic amines) is 1. The van der Waals surface area contributed by atoms with Crippen LogP contribution in [0.5, 0.6) is 0 Å².